The van der Waals surface area contributed by atoms with Crippen LogP contribution in [0.2, 0.25) is 0 Å². The number of para-hydroxylation sites is 1. The van der Waals surface area contributed by atoms with Crippen LogP contribution >= 0.6 is 0 Å². The number of rotatable bonds is 4. The molecular weight excluding hydrogens is 228 g/mol. The lowest BCUT2D eigenvalue weighted by molar-refractivity contribution is -0.130. The van der Waals surface area contributed by atoms with Crippen molar-refractivity contribution >= 4 is 11.6 Å². The minimum atomic E-state index is -0.360. The van der Waals surface area contributed by atoms with Crippen molar-refractivity contribution in [1.82, 2.24) is 5.32 Å². The number of likely N-dealkylation sites (N-methyl/N-ethyl adjacent to an activating group) is 1. The summed E-state index contributed by atoms with van der Waals surface area (Å²) in [5, 5.41) is 5.98. The van der Waals surface area contributed by atoms with Crippen molar-refractivity contribution in [3.05, 3.63) is 29.8 Å². The van der Waals surface area contributed by atoms with Crippen molar-refractivity contribution < 1.29 is 9.53 Å². The van der Waals surface area contributed by atoms with Crippen LogP contribution in [-0.2, 0) is 16.0 Å². The number of amides is 1. The lowest BCUT2D eigenvalue weighted by Crippen LogP contribution is -2.35. The highest BCUT2D eigenvalue weighted by Gasteiger charge is 2.25. The fourth-order valence-electron chi connectivity index (χ4n) is 2.24. The van der Waals surface area contributed by atoms with E-state index in [1.165, 1.54) is 5.56 Å². The van der Waals surface area contributed by atoms with Crippen LogP contribution < -0.4 is 10.6 Å². The number of carbonyl (C=O) groups excluding carboxylic acids is 1. The lowest BCUT2D eigenvalue weighted by Gasteiger charge is -2.19. The number of fused-ring (bicyclic) bond motifs is 1. The van der Waals surface area contributed by atoms with E-state index in [4.69, 9.17) is 4.74 Å². The van der Waals surface area contributed by atoms with Crippen LogP contribution in [0.4, 0.5) is 5.69 Å². The molecule has 2 N–H and O–H groups in total. The quantitative estimate of drug-likeness (QED) is 0.850. The molecule has 0 saturated heterocycles. The van der Waals surface area contributed by atoms with Crippen molar-refractivity contribution in [2.24, 2.45) is 0 Å². The van der Waals surface area contributed by atoms with Crippen LogP contribution in [0, 0.1) is 0 Å². The van der Waals surface area contributed by atoms with Crippen LogP contribution in [0.3, 0.4) is 0 Å². The predicted octanol–water partition coefficient (Wildman–Crippen LogP) is 1.56. The molecule has 1 heterocycles. The summed E-state index contributed by atoms with van der Waals surface area (Å²) >= 11 is 0. The van der Waals surface area contributed by atoms with Gasteiger partial charge >= 0.3 is 0 Å². The number of nitrogens with one attached hydrogen (secondary N) is 2. The van der Waals surface area contributed by atoms with E-state index in [1.807, 2.05) is 32.2 Å². The van der Waals surface area contributed by atoms with Gasteiger partial charge in [-0.15, -0.1) is 0 Å². The SMILES string of the molecule is CNCC(C)OC1CCc2ccccc2NC1=O. The predicted molar refractivity (Wildman–Crippen MR) is 71.7 cm³/mol. The van der Waals surface area contributed by atoms with Crippen molar-refractivity contribution in [2.45, 2.75) is 32.0 Å². The largest absolute Gasteiger partial charge is 0.364 e. The molecule has 2 atom stereocenters. The van der Waals surface area contributed by atoms with Crippen molar-refractivity contribution in [3.63, 3.8) is 0 Å². The molecule has 2 rings (SSSR count). The van der Waals surface area contributed by atoms with Crippen LogP contribution in [0.15, 0.2) is 24.3 Å². The van der Waals surface area contributed by atoms with Gasteiger partial charge in [0, 0.05) is 12.2 Å². The Labute approximate surface area is 108 Å². The Morgan fingerprint density at radius 3 is 3.06 bits per heavy atom. The van der Waals surface area contributed by atoms with E-state index in [-0.39, 0.29) is 18.1 Å². The first-order valence-corrected chi connectivity index (χ1v) is 6.39. The molecule has 0 saturated carbocycles. The highest BCUT2D eigenvalue weighted by Crippen LogP contribution is 2.23. The van der Waals surface area contributed by atoms with Crippen molar-refractivity contribution in [2.75, 3.05) is 18.9 Å². The maximum Gasteiger partial charge on any atom is 0.253 e. The number of carbonyl (C=O) groups is 1. The molecule has 4 heteroatoms. The highest BCUT2D eigenvalue weighted by molar-refractivity contribution is 5.95. The molecule has 4 nitrogen and oxygen atoms in total. The van der Waals surface area contributed by atoms with Crippen LogP contribution in [-0.4, -0.2) is 31.7 Å². The molecule has 18 heavy (non-hydrogen) atoms. The normalized spacial score (nSPS) is 20.8. The summed E-state index contributed by atoms with van der Waals surface area (Å²) in [5.74, 6) is -0.0390. The molecule has 1 aromatic rings. The lowest BCUT2D eigenvalue weighted by atomic mass is 10.1. The Balaban J connectivity index is 2.03. The molecule has 1 aliphatic heterocycles. The molecule has 0 aliphatic carbocycles. The summed E-state index contributed by atoms with van der Waals surface area (Å²) in [6.07, 6.45) is 1.27. The van der Waals surface area contributed by atoms with Gasteiger partial charge in [0.2, 0.25) is 0 Å². The maximum atomic E-state index is 12.1. The summed E-state index contributed by atoms with van der Waals surface area (Å²) in [5.41, 5.74) is 2.09. The van der Waals surface area contributed by atoms with Crippen LogP contribution in [0.25, 0.3) is 0 Å². The van der Waals surface area contributed by atoms with Gasteiger partial charge in [0.15, 0.2) is 0 Å². The Morgan fingerprint density at radius 2 is 2.28 bits per heavy atom. The molecule has 2 unspecified atom stereocenters. The Hall–Kier alpha value is -1.39. The number of aryl methyl sites for hydroxylation is 1. The number of ether oxygens (including phenoxy) is 1. The first kappa shape index (κ1) is 13.1. The second kappa shape index (κ2) is 5.98. The van der Waals surface area contributed by atoms with Gasteiger partial charge in [-0.2, -0.15) is 0 Å². The third kappa shape index (κ3) is 3.09. The minimum absolute atomic E-state index is 0.0342. The van der Waals surface area contributed by atoms with Crippen LogP contribution in [0.1, 0.15) is 18.9 Å². The standard InChI is InChI=1S/C14H20N2O2/c1-10(9-15-2)18-13-8-7-11-5-3-4-6-12(11)16-14(13)17/h3-6,10,13,15H,7-9H2,1-2H3,(H,16,17). The van der Waals surface area contributed by atoms with E-state index < -0.39 is 0 Å². The van der Waals surface area contributed by atoms with E-state index in [0.29, 0.717) is 0 Å². The summed E-state index contributed by atoms with van der Waals surface area (Å²) in [6.45, 7) is 2.72. The fraction of sp³-hybridized carbons (Fsp3) is 0.500. The van der Waals surface area contributed by atoms with E-state index in [0.717, 1.165) is 25.1 Å². The molecule has 1 aliphatic rings. The van der Waals surface area contributed by atoms with Crippen molar-refractivity contribution in [1.29, 1.82) is 0 Å². The Morgan fingerprint density at radius 1 is 1.50 bits per heavy atom. The topological polar surface area (TPSA) is 50.4 Å². The third-order valence-electron chi connectivity index (χ3n) is 3.13. The number of benzene rings is 1. The monoisotopic (exact) mass is 248 g/mol. The van der Waals surface area contributed by atoms with E-state index in [9.17, 15) is 4.79 Å². The fourth-order valence-corrected chi connectivity index (χ4v) is 2.24. The zero-order chi connectivity index (χ0) is 13.0. The zero-order valence-electron chi connectivity index (χ0n) is 10.9. The summed E-state index contributed by atoms with van der Waals surface area (Å²) in [6, 6.07) is 7.92. The smallest absolute Gasteiger partial charge is 0.253 e. The summed E-state index contributed by atoms with van der Waals surface area (Å²) in [4.78, 5) is 12.1. The van der Waals surface area contributed by atoms with Gasteiger partial charge in [-0.3, -0.25) is 4.79 Å². The number of hydrogen-bond acceptors (Lipinski definition) is 3. The molecule has 0 radical (unpaired) electrons. The molecule has 1 aromatic carbocycles. The van der Waals surface area contributed by atoms with Gasteiger partial charge in [0.1, 0.15) is 6.10 Å². The Kier molecular flexibility index (Phi) is 4.33. The van der Waals surface area contributed by atoms with Gasteiger partial charge in [-0.1, -0.05) is 18.2 Å². The number of anilines is 1. The second-order valence-corrected chi connectivity index (χ2v) is 4.68. The molecule has 0 bridgehead atoms. The third-order valence-corrected chi connectivity index (χ3v) is 3.13. The van der Waals surface area contributed by atoms with Gasteiger partial charge in [-0.05, 0) is 38.4 Å². The van der Waals surface area contributed by atoms with Gasteiger partial charge in [0.25, 0.3) is 5.91 Å². The highest BCUT2D eigenvalue weighted by atomic mass is 16.5. The Bertz CT molecular complexity index is 420. The molecule has 1 amide bonds. The first-order chi connectivity index (χ1) is 8.70. The average Bonchev–Trinajstić information content (AvgIpc) is 2.50. The average molecular weight is 248 g/mol. The molecule has 0 fully saturated rings. The zero-order valence-corrected chi connectivity index (χ0v) is 10.9. The van der Waals surface area contributed by atoms with Crippen LogP contribution in [0.5, 0.6) is 0 Å². The van der Waals surface area contributed by atoms with Crippen molar-refractivity contribution in [3.8, 4) is 0 Å². The molecule has 0 aromatic heterocycles. The first-order valence-electron chi connectivity index (χ1n) is 6.39. The summed E-state index contributed by atoms with van der Waals surface area (Å²) < 4.78 is 5.78. The summed E-state index contributed by atoms with van der Waals surface area (Å²) in [7, 11) is 1.88. The second-order valence-electron chi connectivity index (χ2n) is 4.68. The molecule has 0 spiro atoms. The van der Waals surface area contributed by atoms with E-state index in [1.54, 1.807) is 0 Å². The number of hydrogen-bond donors (Lipinski definition) is 2. The van der Waals surface area contributed by atoms with Gasteiger partial charge in [0.05, 0.1) is 6.10 Å². The van der Waals surface area contributed by atoms with E-state index >= 15 is 0 Å². The van der Waals surface area contributed by atoms with Gasteiger partial charge < -0.3 is 15.4 Å². The maximum absolute atomic E-state index is 12.1. The molecular formula is C14H20N2O2. The molecule has 98 valence electrons. The minimum Gasteiger partial charge on any atom is -0.364 e. The van der Waals surface area contributed by atoms with Gasteiger partial charge in [-0.25, -0.2) is 0 Å². The van der Waals surface area contributed by atoms with E-state index in [2.05, 4.69) is 16.7 Å².